The lowest BCUT2D eigenvalue weighted by atomic mass is 10.1. The first-order chi connectivity index (χ1) is 6.09. The molecular formula is C9H5Cl2FO. The average molecular weight is 219 g/mol. The Bertz CT molecular complexity index is 356. The number of allylic oxidation sites excluding steroid dienone is 1. The molecule has 4 heteroatoms. The minimum absolute atomic E-state index is 0.144. The number of hydrogen-bond acceptors (Lipinski definition) is 1. The molecule has 0 bridgehead atoms. The molecule has 0 amide bonds. The fourth-order valence-corrected chi connectivity index (χ4v) is 1.02. The molecule has 0 atom stereocenters. The second-order valence-electron chi connectivity index (χ2n) is 2.31. The topological polar surface area (TPSA) is 17.1 Å². The first-order valence-electron chi connectivity index (χ1n) is 3.42. The molecule has 0 N–H and O–H groups in total. The van der Waals surface area contributed by atoms with Gasteiger partial charge in [0, 0.05) is 11.6 Å². The zero-order chi connectivity index (χ0) is 9.84. The zero-order valence-electron chi connectivity index (χ0n) is 6.43. The summed E-state index contributed by atoms with van der Waals surface area (Å²) in [6, 6.07) is 5.30. The van der Waals surface area contributed by atoms with Crippen molar-refractivity contribution in [3.8, 4) is 0 Å². The van der Waals surface area contributed by atoms with E-state index in [0.717, 1.165) is 12.1 Å². The Hall–Kier alpha value is -0.860. The molecule has 0 radical (unpaired) electrons. The number of rotatable bonds is 2. The van der Waals surface area contributed by atoms with Gasteiger partial charge in [0.15, 0.2) is 5.78 Å². The molecule has 0 aliphatic carbocycles. The third-order valence-corrected chi connectivity index (χ3v) is 1.57. The molecule has 0 aliphatic heterocycles. The molecule has 0 aliphatic rings. The molecule has 13 heavy (non-hydrogen) atoms. The van der Waals surface area contributed by atoms with Crippen molar-refractivity contribution in [2.24, 2.45) is 0 Å². The van der Waals surface area contributed by atoms with E-state index >= 15 is 0 Å². The van der Waals surface area contributed by atoms with Gasteiger partial charge in [0.1, 0.15) is 10.3 Å². The summed E-state index contributed by atoms with van der Waals surface area (Å²) < 4.78 is 12.5. The number of benzene rings is 1. The van der Waals surface area contributed by atoms with Crippen LogP contribution in [0.25, 0.3) is 0 Å². The van der Waals surface area contributed by atoms with E-state index in [1.165, 1.54) is 18.2 Å². The third-order valence-electron chi connectivity index (χ3n) is 1.35. The Morgan fingerprint density at radius 3 is 2.62 bits per heavy atom. The van der Waals surface area contributed by atoms with E-state index in [4.69, 9.17) is 23.2 Å². The van der Waals surface area contributed by atoms with Crippen molar-refractivity contribution in [1.29, 1.82) is 0 Å². The van der Waals surface area contributed by atoms with Gasteiger partial charge in [-0.15, -0.1) is 0 Å². The van der Waals surface area contributed by atoms with E-state index < -0.39 is 11.6 Å². The normalized spacial score (nSPS) is 9.46. The van der Waals surface area contributed by atoms with Crippen LogP contribution in [0.3, 0.4) is 0 Å². The van der Waals surface area contributed by atoms with Gasteiger partial charge in [0.05, 0.1) is 0 Å². The molecule has 1 aromatic carbocycles. The SMILES string of the molecule is O=C(C=C(Cl)Cl)c1cccc(F)c1. The van der Waals surface area contributed by atoms with Gasteiger partial charge < -0.3 is 0 Å². The molecule has 1 rings (SSSR count). The first kappa shape index (κ1) is 10.2. The van der Waals surface area contributed by atoms with Crippen LogP contribution in [0.1, 0.15) is 10.4 Å². The van der Waals surface area contributed by atoms with Crippen molar-refractivity contribution < 1.29 is 9.18 Å². The van der Waals surface area contributed by atoms with Gasteiger partial charge in [-0.1, -0.05) is 35.3 Å². The summed E-state index contributed by atoms with van der Waals surface area (Å²) in [5, 5.41) is 0. The van der Waals surface area contributed by atoms with Gasteiger partial charge in [0.2, 0.25) is 0 Å². The zero-order valence-corrected chi connectivity index (χ0v) is 7.94. The highest BCUT2D eigenvalue weighted by molar-refractivity contribution is 6.57. The van der Waals surface area contributed by atoms with Crippen molar-refractivity contribution >= 4 is 29.0 Å². The van der Waals surface area contributed by atoms with Crippen LogP contribution in [0.5, 0.6) is 0 Å². The second kappa shape index (κ2) is 4.40. The van der Waals surface area contributed by atoms with Gasteiger partial charge >= 0.3 is 0 Å². The fourth-order valence-electron chi connectivity index (χ4n) is 0.824. The van der Waals surface area contributed by atoms with Crippen molar-refractivity contribution in [1.82, 2.24) is 0 Å². The molecule has 1 aromatic rings. The van der Waals surface area contributed by atoms with Gasteiger partial charge in [-0.25, -0.2) is 4.39 Å². The highest BCUT2D eigenvalue weighted by Crippen LogP contribution is 2.10. The molecule has 0 saturated heterocycles. The Labute approximate surface area is 84.8 Å². The molecule has 1 nitrogen and oxygen atoms in total. The highest BCUT2D eigenvalue weighted by atomic mass is 35.5. The van der Waals surface area contributed by atoms with Crippen LogP contribution in [-0.4, -0.2) is 5.78 Å². The van der Waals surface area contributed by atoms with Gasteiger partial charge in [-0.2, -0.15) is 0 Å². The Kier molecular flexibility index (Phi) is 3.46. The summed E-state index contributed by atoms with van der Waals surface area (Å²) in [4.78, 5) is 11.2. The smallest absolute Gasteiger partial charge is 0.188 e. The van der Waals surface area contributed by atoms with E-state index in [-0.39, 0.29) is 10.1 Å². The van der Waals surface area contributed by atoms with E-state index in [0.29, 0.717) is 0 Å². The van der Waals surface area contributed by atoms with Crippen molar-refractivity contribution in [2.45, 2.75) is 0 Å². The van der Waals surface area contributed by atoms with Gasteiger partial charge in [-0.3, -0.25) is 4.79 Å². The van der Waals surface area contributed by atoms with E-state index in [1.54, 1.807) is 0 Å². The van der Waals surface area contributed by atoms with Crippen LogP contribution in [0, 0.1) is 5.82 Å². The molecule has 0 heterocycles. The minimum atomic E-state index is -0.468. The lowest BCUT2D eigenvalue weighted by Crippen LogP contribution is -1.94. The molecule has 0 spiro atoms. The van der Waals surface area contributed by atoms with E-state index in [1.807, 2.05) is 0 Å². The molecule has 0 unspecified atom stereocenters. The third kappa shape index (κ3) is 3.17. The lowest BCUT2D eigenvalue weighted by molar-refractivity contribution is 0.104. The maximum absolute atomic E-state index is 12.6. The fraction of sp³-hybridized carbons (Fsp3) is 0. The maximum Gasteiger partial charge on any atom is 0.188 e. The lowest BCUT2D eigenvalue weighted by Gasteiger charge is -1.94. The molecule has 0 fully saturated rings. The standard InChI is InChI=1S/C9H5Cl2FO/c10-9(11)5-8(13)6-2-1-3-7(12)4-6/h1-5H. The molecular weight excluding hydrogens is 214 g/mol. The summed E-state index contributed by atoms with van der Waals surface area (Å²) in [6.07, 6.45) is 1.03. The Morgan fingerprint density at radius 1 is 1.38 bits per heavy atom. The first-order valence-corrected chi connectivity index (χ1v) is 4.18. The Balaban J connectivity index is 2.96. The van der Waals surface area contributed by atoms with Crippen molar-refractivity contribution in [3.63, 3.8) is 0 Å². The predicted octanol–water partition coefficient (Wildman–Crippen LogP) is 3.33. The van der Waals surface area contributed by atoms with Crippen LogP contribution < -0.4 is 0 Å². The number of carbonyl (C=O) groups is 1. The molecule has 68 valence electrons. The van der Waals surface area contributed by atoms with E-state index in [2.05, 4.69) is 0 Å². The number of hydrogen-bond donors (Lipinski definition) is 0. The van der Waals surface area contributed by atoms with Crippen LogP contribution in [0.15, 0.2) is 34.8 Å². The second-order valence-corrected chi connectivity index (χ2v) is 3.32. The van der Waals surface area contributed by atoms with Crippen LogP contribution in [0.2, 0.25) is 0 Å². The predicted molar refractivity (Wildman–Crippen MR) is 50.5 cm³/mol. The summed E-state index contributed by atoms with van der Waals surface area (Å²) >= 11 is 10.5. The highest BCUT2D eigenvalue weighted by Gasteiger charge is 2.03. The van der Waals surface area contributed by atoms with Crippen LogP contribution >= 0.6 is 23.2 Å². The van der Waals surface area contributed by atoms with Crippen molar-refractivity contribution in [3.05, 3.63) is 46.2 Å². The van der Waals surface area contributed by atoms with Crippen molar-refractivity contribution in [2.75, 3.05) is 0 Å². The largest absolute Gasteiger partial charge is 0.289 e. The quantitative estimate of drug-likeness (QED) is 0.550. The maximum atomic E-state index is 12.6. The molecule has 0 saturated carbocycles. The van der Waals surface area contributed by atoms with Crippen LogP contribution in [-0.2, 0) is 0 Å². The summed E-state index contributed by atoms with van der Waals surface area (Å²) in [5.41, 5.74) is 0.221. The minimum Gasteiger partial charge on any atom is -0.289 e. The molecule has 0 aromatic heterocycles. The summed E-state index contributed by atoms with van der Waals surface area (Å²) in [5.74, 6) is -0.885. The summed E-state index contributed by atoms with van der Waals surface area (Å²) in [7, 11) is 0. The Morgan fingerprint density at radius 2 is 2.08 bits per heavy atom. The van der Waals surface area contributed by atoms with Gasteiger partial charge in [-0.05, 0) is 12.1 Å². The van der Waals surface area contributed by atoms with Crippen LogP contribution in [0.4, 0.5) is 4.39 Å². The average Bonchev–Trinajstić information content (AvgIpc) is 2.03. The number of carbonyl (C=O) groups excluding carboxylic acids is 1. The van der Waals surface area contributed by atoms with E-state index in [9.17, 15) is 9.18 Å². The van der Waals surface area contributed by atoms with Gasteiger partial charge in [0.25, 0.3) is 0 Å². The number of halogens is 3. The number of ketones is 1. The summed E-state index contributed by atoms with van der Waals surface area (Å²) in [6.45, 7) is 0. The monoisotopic (exact) mass is 218 g/mol.